The van der Waals surface area contributed by atoms with E-state index in [1.165, 1.54) is 32.2 Å². The molecule has 1 saturated heterocycles. The Balaban J connectivity index is 0.00000370. The summed E-state index contributed by atoms with van der Waals surface area (Å²) in [6, 6.07) is 3.77. The summed E-state index contributed by atoms with van der Waals surface area (Å²) in [6.45, 7) is 2.99. The first-order chi connectivity index (χ1) is 18.4. The number of aromatic hydroxyl groups is 2. The minimum Gasteiger partial charge on any atom is -0.507 e. The lowest BCUT2D eigenvalue weighted by atomic mass is 9.72. The summed E-state index contributed by atoms with van der Waals surface area (Å²) in [7, 11) is 1.34. The summed E-state index contributed by atoms with van der Waals surface area (Å²) < 4.78 is 17.2. The molecule has 3 aliphatic rings. The second-order valence-electron chi connectivity index (χ2n) is 10.3. The molecule has 2 aliphatic carbocycles. The van der Waals surface area contributed by atoms with E-state index in [0.29, 0.717) is 0 Å². The van der Waals surface area contributed by atoms with Gasteiger partial charge in [0.05, 0.1) is 47.8 Å². The zero-order valence-corrected chi connectivity index (χ0v) is 22.8. The Labute approximate surface area is 235 Å². The number of ketones is 2. The van der Waals surface area contributed by atoms with E-state index in [9.17, 15) is 35.2 Å². The largest absolute Gasteiger partial charge is 0.507 e. The molecule has 7 N–H and O–H groups in total. The number of aliphatic hydroxyl groups excluding tert-OH is 1. The van der Waals surface area contributed by atoms with Gasteiger partial charge in [-0.15, -0.1) is 12.4 Å². The third-order valence-electron chi connectivity index (χ3n) is 7.97. The van der Waals surface area contributed by atoms with E-state index in [-0.39, 0.29) is 65.4 Å². The molecule has 0 amide bonds. The van der Waals surface area contributed by atoms with Gasteiger partial charge >= 0.3 is 0 Å². The fourth-order valence-corrected chi connectivity index (χ4v) is 5.76. The fourth-order valence-electron chi connectivity index (χ4n) is 5.76. The van der Waals surface area contributed by atoms with Crippen LogP contribution < -0.4 is 10.5 Å². The molecule has 13 heteroatoms. The molecule has 0 unspecified atom stereocenters. The maximum atomic E-state index is 13.7. The molecule has 12 nitrogen and oxygen atoms in total. The molecule has 0 radical (unpaired) electrons. The van der Waals surface area contributed by atoms with Gasteiger partial charge in [0.2, 0.25) is 5.78 Å². The normalized spacial score (nSPS) is 29.6. The van der Waals surface area contributed by atoms with Gasteiger partial charge < -0.3 is 45.6 Å². The van der Waals surface area contributed by atoms with Gasteiger partial charge in [-0.05, 0) is 19.9 Å². The van der Waals surface area contributed by atoms with Crippen LogP contribution in [0.15, 0.2) is 23.4 Å². The number of rotatable bonds is 4. The number of aliphatic hydroxyl groups is 2. The van der Waals surface area contributed by atoms with Crippen molar-refractivity contribution in [3.05, 3.63) is 51.6 Å². The number of nitrogens with zero attached hydrogens (tertiary/aromatic N) is 1. The number of carbonyl (C=O) groups is 2. The first-order valence-electron chi connectivity index (χ1n) is 12.5. The average molecular weight is 579 g/mol. The van der Waals surface area contributed by atoms with Gasteiger partial charge in [0.15, 0.2) is 12.1 Å². The fraction of sp³-hybridized carbons (Fsp3) is 0.444. The van der Waals surface area contributed by atoms with Gasteiger partial charge in [0, 0.05) is 42.0 Å². The SMILES string of the molecule is COc1cccc2c1C(=O)c1c(O)c3c(c(O)c1C2=O)C[C@@](O)(C(C)=NO)C[C@@H]3O[C@H]1C[C@H](N)[C@H](O)[C@H](C)O1.Cl. The quantitative estimate of drug-likeness (QED) is 0.114. The highest BCUT2D eigenvalue weighted by atomic mass is 35.5. The van der Waals surface area contributed by atoms with Crippen LogP contribution in [-0.4, -0.2) is 80.2 Å². The molecule has 1 fully saturated rings. The lowest BCUT2D eigenvalue weighted by Gasteiger charge is -2.42. The molecular formula is C27H31ClN2O10. The molecule has 6 atom stereocenters. The van der Waals surface area contributed by atoms with E-state index in [2.05, 4.69) is 5.16 Å². The van der Waals surface area contributed by atoms with Gasteiger partial charge in [-0.3, -0.25) is 9.59 Å². The van der Waals surface area contributed by atoms with Crippen molar-refractivity contribution < 1.29 is 49.4 Å². The lowest BCUT2D eigenvalue weighted by molar-refractivity contribution is -0.245. The molecule has 216 valence electrons. The van der Waals surface area contributed by atoms with Crippen molar-refractivity contribution >= 4 is 29.7 Å². The van der Waals surface area contributed by atoms with Crippen molar-refractivity contribution in [2.45, 2.75) is 69.4 Å². The minimum absolute atomic E-state index is 0. The van der Waals surface area contributed by atoms with Gasteiger partial charge in [-0.25, -0.2) is 0 Å². The van der Waals surface area contributed by atoms with Crippen LogP contribution in [0.4, 0.5) is 0 Å². The highest BCUT2D eigenvalue weighted by molar-refractivity contribution is 6.31. The van der Waals surface area contributed by atoms with Crippen molar-refractivity contribution in [3.8, 4) is 17.2 Å². The Bertz CT molecular complexity index is 1400. The molecule has 0 saturated carbocycles. The highest BCUT2D eigenvalue weighted by Gasteiger charge is 2.49. The first kappa shape index (κ1) is 29.7. The molecular weight excluding hydrogens is 548 g/mol. The summed E-state index contributed by atoms with van der Waals surface area (Å²) in [4.78, 5) is 27.2. The summed E-state index contributed by atoms with van der Waals surface area (Å²) in [5.41, 5.74) is 3.14. The summed E-state index contributed by atoms with van der Waals surface area (Å²) in [6.07, 6.45) is -4.34. The number of fused-ring (bicyclic) bond motifs is 3. The van der Waals surface area contributed by atoms with Crippen LogP contribution in [0, 0.1) is 0 Å². The van der Waals surface area contributed by atoms with Crippen LogP contribution in [0.2, 0.25) is 0 Å². The van der Waals surface area contributed by atoms with Gasteiger partial charge in [0.25, 0.3) is 0 Å². The summed E-state index contributed by atoms with van der Waals surface area (Å²) in [5, 5.41) is 57.1. The Kier molecular flexibility index (Phi) is 7.89. The van der Waals surface area contributed by atoms with Gasteiger partial charge in [-0.2, -0.15) is 0 Å². The number of nitrogens with two attached hydrogens (primary N) is 1. The number of hydrogen-bond donors (Lipinski definition) is 6. The number of hydrogen-bond acceptors (Lipinski definition) is 12. The lowest BCUT2D eigenvalue weighted by Crippen LogP contribution is -2.52. The number of ether oxygens (including phenoxy) is 3. The topological polar surface area (TPSA) is 201 Å². The second-order valence-corrected chi connectivity index (χ2v) is 10.3. The van der Waals surface area contributed by atoms with Crippen molar-refractivity contribution in [2.75, 3.05) is 7.11 Å². The number of methoxy groups -OCH3 is 1. The summed E-state index contributed by atoms with van der Waals surface area (Å²) >= 11 is 0. The van der Waals surface area contributed by atoms with Crippen molar-refractivity contribution in [1.82, 2.24) is 0 Å². The molecule has 0 bridgehead atoms. The van der Waals surface area contributed by atoms with Gasteiger partial charge in [-0.1, -0.05) is 17.3 Å². The molecule has 2 aromatic rings. The number of halogens is 1. The average Bonchev–Trinajstić information content (AvgIpc) is 2.90. The molecule has 5 rings (SSSR count). The molecule has 2 aromatic carbocycles. The van der Waals surface area contributed by atoms with Crippen molar-refractivity contribution in [3.63, 3.8) is 0 Å². The van der Waals surface area contributed by atoms with Crippen LogP contribution in [0.1, 0.15) is 75.8 Å². The zero-order valence-electron chi connectivity index (χ0n) is 22.0. The Morgan fingerprint density at radius 2 is 1.82 bits per heavy atom. The van der Waals surface area contributed by atoms with Crippen LogP contribution in [0.5, 0.6) is 17.2 Å². The number of oxime groups is 1. The first-order valence-corrected chi connectivity index (χ1v) is 12.5. The van der Waals surface area contributed by atoms with E-state index in [1.54, 1.807) is 6.92 Å². The molecule has 0 spiro atoms. The number of phenols is 2. The number of phenolic OH excluding ortho intramolecular Hbond substituents is 2. The maximum Gasteiger partial charge on any atom is 0.202 e. The van der Waals surface area contributed by atoms with Crippen molar-refractivity contribution in [2.24, 2.45) is 10.9 Å². The van der Waals surface area contributed by atoms with Gasteiger partial charge in [0.1, 0.15) is 22.8 Å². The van der Waals surface area contributed by atoms with Crippen molar-refractivity contribution in [1.29, 1.82) is 0 Å². The highest BCUT2D eigenvalue weighted by Crippen LogP contribution is 2.52. The van der Waals surface area contributed by atoms with E-state index in [1.807, 2.05) is 0 Å². The maximum absolute atomic E-state index is 13.7. The van der Waals surface area contributed by atoms with Crippen LogP contribution in [-0.2, 0) is 15.9 Å². The second kappa shape index (κ2) is 10.6. The van der Waals surface area contributed by atoms with Crippen LogP contribution >= 0.6 is 12.4 Å². The Hall–Kier alpha value is -3.26. The van der Waals surface area contributed by atoms with Crippen LogP contribution in [0.25, 0.3) is 0 Å². The standard InChI is InChI=1S/C27H30N2O10.ClH/c1-10-22(30)14(28)7-17(38-10)39-16-9-27(35,11(2)29-36)8-13-19(16)26(34)21-20(24(13)32)23(31)12-5-4-6-15(37-3)18(12)25(21)33;/h4-6,10,14,16-17,22,30,32,34-36H,7-9,28H2,1-3H3;1H/t10-,14-,16-,17-,22+,27-;/m0./s1. The van der Waals surface area contributed by atoms with Crippen LogP contribution in [0.3, 0.4) is 0 Å². The van der Waals surface area contributed by atoms with E-state index in [0.717, 1.165) is 0 Å². The molecule has 40 heavy (non-hydrogen) atoms. The Morgan fingerprint density at radius 1 is 1.15 bits per heavy atom. The van der Waals surface area contributed by atoms with E-state index < -0.39 is 70.4 Å². The Morgan fingerprint density at radius 3 is 2.45 bits per heavy atom. The number of benzene rings is 2. The predicted octanol–water partition coefficient (Wildman–Crippen LogP) is 1.71. The monoisotopic (exact) mass is 578 g/mol. The molecule has 1 aliphatic heterocycles. The zero-order chi connectivity index (χ0) is 28.4. The molecule has 1 heterocycles. The van der Waals surface area contributed by atoms with E-state index in [4.69, 9.17) is 19.9 Å². The smallest absolute Gasteiger partial charge is 0.202 e. The number of carbonyl (C=O) groups excluding carboxylic acids is 2. The third kappa shape index (κ3) is 4.41. The van der Waals surface area contributed by atoms with E-state index >= 15 is 0 Å². The minimum atomic E-state index is -1.85. The summed E-state index contributed by atoms with van der Waals surface area (Å²) in [5.74, 6) is -2.51. The molecule has 0 aromatic heterocycles. The third-order valence-corrected chi connectivity index (χ3v) is 7.97. The predicted molar refractivity (Wildman–Crippen MR) is 142 cm³/mol.